The average molecular weight is 353 g/mol. The van der Waals surface area contributed by atoms with Crippen LogP contribution in [-0.2, 0) is 0 Å². The smallest absolute Gasteiger partial charge is 0.502 e. The van der Waals surface area contributed by atoms with E-state index in [0.29, 0.717) is 0 Å². The maximum Gasteiger partial charge on any atom is 0.573 e. The highest BCUT2D eigenvalue weighted by Gasteiger charge is 2.31. The maximum absolute atomic E-state index is 12.1. The highest BCUT2D eigenvalue weighted by Crippen LogP contribution is 2.36. The third kappa shape index (κ3) is 4.15. The summed E-state index contributed by atoms with van der Waals surface area (Å²) in [5, 5.41) is 29.9. The molecule has 2 aromatic rings. The van der Waals surface area contributed by atoms with Crippen LogP contribution in [0.25, 0.3) is 0 Å². The Kier molecular flexibility index (Phi) is 4.80. The number of aromatic hydroxyl groups is 1. The van der Waals surface area contributed by atoms with Gasteiger partial charge in [-0.15, -0.1) is 13.2 Å². The Balaban J connectivity index is 2.41. The number of benzene rings is 2. The summed E-state index contributed by atoms with van der Waals surface area (Å²) in [6.45, 7) is 0. The molecule has 0 aliphatic rings. The maximum atomic E-state index is 12.1. The number of rotatable bonds is 4. The molecule has 0 saturated carbocycles. The van der Waals surface area contributed by atoms with Gasteiger partial charge in [0.1, 0.15) is 5.75 Å². The van der Waals surface area contributed by atoms with Crippen molar-refractivity contribution in [2.45, 2.75) is 12.4 Å². The van der Waals surface area contributed by atoms with Crippen LogP contribution in [0, 0.1) is 21.4 Å². The number of nitrogens with two attached hydrogens (primary N) is 1. The predicted molar refractivity (Wildman–Crippen MR) is 78.6 cm³/mol. The normalized spacial score (nSPS) is 12.3. The molecule has 3 N–H and O–H groups in total. The van der Waals surface area contributed by atoms with Gasteiger partial charge in [-0.3, -0.25) is 10.1 Å². The molecule has 0 amide bonds. The second kappa shape index (κ2) is 6.66. The lowest BCUT2D eigenvalue weighted by atomic mass is 9.96. The summed E-state index contributed by atoms with van der Waals surface area (Å²) >= 11 is 0. The van der Waals surface area contributed by atoms with E-state index in [1.54, 1.807) is 6.07 Å². The van der Waals surface area contributed by atoms with Crippen molar-refractivity contribution in [2.24, 2.45) is 5.73 Å². The number of nitrogens with zero attached hydrogens (tertiary/aromatic N) is 2. The zero-order valence-corrected chi connectivity index (χ0v) is 12.3. The number of nitro benzene ring substituents is 1. The molecule has 0 aliphatic heterocycles. The first-order valence-electron chi connectivity index (χ1n) is 6.65. The Morgan fingerprint density at radius 3 is 2.36 bits per heavy atom. The van der Waals surface area contributed by atoms with Gasteiger partial charge in [0.2, 0.25) is 0 Å². The van der Waals surface area contributed by atoms with E-state index in [1.807, 2.05) is 0 Å². The molecule has 0 fully saturated rings. The van der Waals surface area contributed by atoms with Gasteiger partial charge in [-0.25, -0.2) is 0 Å². The summed E-state index contributed by atoms with van der Waals surface area (Å²) in [7, 11) is 0. The van der Waals surface area contributed by atoms with Crippen molar-refractivity contribution in [1.82, 2.24) is 0 Å². The number of ether oxygens (including phenoxy) is 1. The third-order valence-corrected chi connectivity index (χ3v) is 3.25. The number of nitriles is 1. The molecule has 0 aliphatic carbocycles. The van der Waals surface area contributed by atoms with Crippen LogP contribution in [0.5, 0.6) is 11.5 Å². The lowest BCUT2D eigenvalue weighted by Crippen LogP contribution is -2.17. The SMILES string of the molecule is N#Cc1cc([C@H](N)c2ccc(OC(F)(F)F)cc2)c(O)c([N+](=O)[O-])c1. The van der Waals surface area contributed by atoms with Crippen molar-refractivity contribution in [3.05, 3.63) is 63.2 Å². The van der Waals surface area contributed by atoms with Gasteiger partial charge >= 0.3 is 12.0 Å². The second-order valence-electron chi connectivity index (χ2n) is 4.90. The molecule has 10 heteroatoms. The topological polar surface area (TPSA) is 122 Å². The number of phenols is 1. The van der Waals surface area contributed by atoms with Gasteiger partial charge in [0, 0.05) is 11.6 Å². The molecule has 1 atom stereocenters. The van der Waals surface area contributed by atoms with Crippen LogP contribution >= 0.6 is 0 Å². The summed E-state index contributed by atoms with van der Waals surface area (Å²) < 4.78 is 40.2. The minimum Gasteiger partial charge on any atom is -0.502 e. The first kappa shape index (κ1) is 18.0. The molecule has 0 unspecified atom stereocenters. The van der Waals surface area contributed by atoms with Crippen LogP contribution in [-0.4, -0.2) is 16.4 Å². The van der Waals surface area contributed by atoms with Crippen LogP contribution in [0.2, 0.25) is 0 Å². The molecule has 25 heavy (non-hydrogen) atoms. The van der Waals surface area contributed by atoms with Crippen molar-refractivity contribution in [3.8, 4) is 17.6 Å². The molecule has 0 spiro atoms. The van der Waals surface area contributed by atoms with Crippen molar-refractivity contribution in [2.75, 3.05) is 0 Å². The lowest BCUT2D eigenvalue weighted by molar-refractivity contribution is -0.386. The summed E-state index contributed by atoms with van der Waals surface area (Å²) in [6.07, 6.45) is -4.84. The Hall–Kier alpha value is -3.32. The number of hydrogen-bond donors (Lipinski definition) is 2. The molecular formula is C15H10F3N3O4. The van der Waals surface area contributed by atoms with Crippen LogP contribution in [0.3, 0.4) is 0 Å². The first-order valence-corrected chi connectivity index (χ1v) is 6.65. The molecule has 0 saturated heterocycles. The molecule has 0 aromatic heterocycles. The summed E-state index contributed by atoms with van der Waals surface area (Å²) in [5.41, 5.74) is 5.31. The van der Waals surface area contributed by atoms with E-state index in [-0.39, 0.29) is 16.7 Å². The first-order chi connectivity index (χ1) is 11.6. The van der Waals surface area contributed by atoms with Crippen LogP contribution in [0.4, 0.5) is 18.9 Å². The standard InChI is InChI=1S/C15H10F3N3O4/c16-15(17,18)25-10-3-1-9(2-4-10)13(20)11-5-8(7-19)6-12(14(11)22)21(23)24/h1-6,13,22H,20H2/t13-/m1/s1. The van der Waals surface area contributed by atoms with Gasteiger partial charge in [0.25, 0.3) is 0 Å². The number of halogens is 3. The van der Waals surface area contributed by atoms with Gasteiger partial charge in [-0.05, 0) is 23.8 Å². The molecule has 7 nitrogen and oxygen atoms in total. The zero-order valence-electron chi connectivity index (χ0n) is 12.3. The highest BCUT2D eigenvalue weighted by atomic mass is 19.4. The lowest BCUT2D eigenvalue weighted by Gasteiger charge is -2.15. The number of alkyl halides is 3. The van der Waals surface area contributed by atoms with Crippen molar-refractivity contribution >= 4 is 5.69 Å². The zero-order chi connectivity index (χ0) is 18.8. The predicted octanol–water partition coefficient (Wildman–Crippen LogP) is 3.12. The van der Waals surface area contributed by atoms with E-state index in [4.69, 9.17) is 11.0 Å². The van der Waals surface area contributed by atoms with E-state index in [2.05, 4.69) is 4.74 Å². The molecule has 0 radical (unpaired) electrons. The second-order valence-corrected chi connectivity index (χ2v) is 4.90. The van der Waals surface area contributed by atoms with Crippen molar-refractivity contribution < 1.29 is 27.9 Å². The monoisotopic (exact) mass is 353 g/mol. The fraction of sp³-hybridized carbons (Fsp3) is 0.133. The van der Waals surface area contributed by atoms with E-state index >= 15 is 0 Å². The number of nitro groups is 1. The van der Waals surface area contributed by atoms with Crippen molar-refractivity contribution in [3.63, 3.8) is 0 Å². The van der Waals surface area contributed by atoms with Crippen molar-refractivity contribution in [1.29, 1.82) is 5.26 Å². The fourth-order valence-electron chi connectivity index (χ4n) is 2.14. The number of hydrogen-bond acceptors (Lipinski definition) is 6. The molecule has 0 bridgehead atoms. The van der Waals surface area contributed by atoms with Gasteiger partial charge in [-0.1, -0.05) is 12.1 Å². The van der Waals surface area contributed by atoms with E-state index < -0.39 is 34.5 Å². The van der Waals surface area contributed by atoms with Gasteiger partial charge < -0.3 is 15.6 Å². The molecule has 0 heterocycles. The summed E-state index contributed by atoms with van der Waals surface area (Å²) in [4.78, 5) is 10.1. The molecular weight excluding hydrogens is 343 g/mol. The molecule has 2 aromatic carbocycles. The molecule has 130 valence electrons. The van der Waals surface area contributed by atoms with E-state index in [0.717, 1.165) is 18.2 Å². The number of phenolic OH excluding ortho intramolecular Hbond substituents is 1. The van der Waals surface area contributed by atoms with E-state index in [1.165, 1.54) is 18.2 Å². The van der Waals surface area contributed by atoms with Gasteiger partial charge in [-0.2, -0.15) is 5.26 Å². The van der Waals surface area contributed by atoms with Crippen LogP contribution in [0.15, 0.2) is 36.4 Å². The largest absolute Gasteiger partial charge is 0.573 e. The Morgan fingerprint density at radius 2 is 1.88 bits per heavy atom. The minimum atomic E-state index is -4.84. The Morgan fingerprint density at radius 1 is 1.28 bits per heavy atom. The minimum absolute atomic E-state index is 0.0908. The Labute approximate surface area is 138 Å². The highest BCUT2D eigenvalue weighted by molar-refractivity contribution is 5.58. The van der Waals surface area contributed by atoms with Gasteiger partial charge in [0.15, 0.2) is 5.75 Å². The van der Waals surface area contributed by atoms with E-state index in [9.17, 15) is 28.4 Å². The fourth-order valence-corrected chi connectivity index (χ4v) is 2.14. The summed E-state index contributed by atoms with van der Waals surface area (Å²) in [6, 6.07) is 7.15. The summed E-state index contributed by atoms with van der Waals surface area (Å²) in [5.74, 6) is -1.18. The van der Waals surface area contributed by atoms with Crippen LogP contribution in [0.1, 0.15) is 22.7 Å². The quantitative estimate of drug-likeness (QED) is 0.643. The van der Waals surface area contributed by atoms with Crippen LogP contribution < -0.4 is 10.5 Å². The van der Waals surface area contributed by atoms with Gasteiger partial charge in [0.05, 0.1) is 22.6 Å². The third-order valence-electron chi connectivity index (χ3n) is 3.25. The molecule has 2 rings (SSSR count). The average Bonchev–Trinajstić information content (AvgIpc) is 2.53. The Bertz CT molecular complexity index is 845.